The molecule has 4 rings (SSSR count). The molecule has 8 nitrogen and oxygen atoms in total. The highest BCUT2D eigenvalue weighted by atomic mass is 16.6. The number of benzene rings is 1. The van der Waals surface area contributed by atoms with E-state index in [0.717, 1.165) is 29.4 Å². The summed E-state index contributed by atoms with van der Waals surface area (Å²) in [4.78, 5) is 42.3. The minimum absolute atomic E-state index is 0.232. The summed E-state index contributed by atoms with van der Waals surface area (Å²) >= 11 is 0. The molecule has 2 aliphatic rings. The van der Waals surface area contributed by atoms with Gasteiger partial charge in [0.25, 0.3) is 0 Å². The van der Waals surface area contributed by atoms with E-state index < -0.39 is 11.6 Å². The fourth-order valence-electron chi connectivity index (χ4n) is 4.39. The zero-order chi connectivity index (χ0) is 22.9. The lowest BCUT2D eigenvalue weighted by molar-refractivity contribution is -0.133. The number of ether oxygens (including phenoxy) is 1. The van der Waals surface area contributed by atoms with Crippen LogP contribution in [0.3, 0.4) is 0 Å². The van der Waals surface area contributed by atoms with Crippen molar-refractivity contribution < 1.29 is 19.1 Å². The quantitative estimate of drug-likeness (QED) is 0.711. The second kappa shape index (κ2) is 8.76. The maximum atomic E-state index is 12.4. The second-order valence-electron chi connectivity index (χ2n) is 9.49. The first-order valence-electron chi connectivity index (χ1n) is 11.2. The molecule has 2 aliphatic heterocycles. The first kappa shape index (κ1) is 22.0. The van der Waals surface area contributed by atoms with Gasteiger partial charge >= 0.3 is 6.09 Å². The molecule has 2 saturated heterocycles. The Hall–Kier alpha value is -3.16. The smallest absolute Gasteiger partial charge is 0.410 e. The fraction of sp³-hybridized carbons (Fsp3) is 0.500. The number of rotatable bonds is 3. The molecule has 2 N–H and O–H groups in total. The van der Waals surface area contributed by atoms with E-state index in [1.54, 1.807) is 11.1 Å². The number of hydrogen-bond acceptors (Lipinski definition) is 6. The Morgan fingerprint density at radius 3 is 2.59 bits per heavy atom. The third-order valence-corrected chi connectivity index (χ3v) is 5.96. The van der Waals surface area contributed by atoms with Gasteiger partial charge in [0.1, 0.15) is 11.6 Å². The van der Waals surface area contributed by atoms with E-state index in [9.17, 15) is 14.4 Å². The van der Waals surface area contributed by atoms with Crippen molar-refractivity contribution in [1.29, 1.82) is 0 Å². The van der Waals surface area contributed by atoms with Gasteiger partial charge in [-0.1, -0.05) is 12.1 Å². The average molecular weight is 439 g/mol. The van der Waals surface area contributed by atoms with Gasteiger partial charge in [0.2, 0.25) is 11.8 Å². The van der Waals surface area contributed by atoms with E-state index in [1.807, 2.05) is 39.0 Å². The molecule has 32 heavy (non-hydrogen) atoms. The number of amides is 3. The molecule has 1 aromatic carbocycles. The van der Waals surface area contributed by atoms with Crippen molar-refractivity contribution in [1.82, 2.24) is 15.2 Å². The number of hydrogen-bond donors (Lipinski definition) is 2. The number of nitrogens with zero attached hydrogens (tertiary/aromatic N) is 2. The summed E-state index contributed by atoms with van der Waals surface area (Å²) in [5.41, 5.74) is 2.29. The van der Waals surface area contributed by atoms with E-state index in [4.69, 9.17) is 4.74 Å². The minimum Gasteiger partial charge on any atom is -0.444 e. The van der Waals surface area contributed by atoms with E-state index in [-0.39, 0.29) is 17.9 Å². The third kappa shape index (κ3) is 4.84. The van der Waals surface area contributed by atoms with Crippen LogP contribution < -0.4 is 10.6 Å². The highest BCUT2D eigenvalue weighted by molar-refractivity contribution is 6.02. The van der Waals surface area contributed by atoms with Crippen molar-refractivity contribution in [3.8, 4) is 0 Å². The first-order chi connectivity index (χ1) is 15.2. The Balaban J connectivity index is 1.50. The second-order valence-corrected chi connectivity index (χ2v) is 9.49. The number of piperidine rings is 2. The zero-order valence-corrected chi connectivity index (χ0v) is 18.8. The summed E-state index contributed by atoms with van der Waals surface area (Å²) < 4.78 is 5.51. The lowest BCUT2D eigenvalue weighted by Gasteiger charge is -2.34. The van der Waals surface area contributed by atoms with E-state index in [2.05, 4.69) is 21.7 Å². The molecule has 3 amide bonds. The maximum Gasteiger partial charge on any atom is 0.410 e. The third-order valence-electron chi connectivity index (χ3n) is 5.96. The van der Waals surface area contributed by atoms with E-state index >= 15 is 0 Å². The molecular formula is C24H30N4O4. The normalized spacial score (nSPS) is 20.2. The molecule has 1 unspecified atom stereocenters. The summed E-state index contributed by atoms with van der Waals surface area (Å²) in [5, 5.41) is 6.70. The topological polar surface area (TPSA) is 101 Å². The minimum atomic E-state index is -0.499. The highest BCUT2D eigenvalue weighted by Crippen LogP contribution is 2.36. The van der Waals surface area contributed by atoms with Crippen LogP contribution in [-0.4, -0.2) is 52.5 Å². The molecular weight excluding hydrogens is 408 g/mol. The molecule has 0 radical (unpaired) electrons. The number of likely N-dealkylation sites (tertiary alicyclic amines) is 1. The molecule has 2 aromatic rings. The van der Waals surface area contributed by atoms with Crippen molar-refractivity contribution in [2.45, 2.75) is 64.0 Å². The molecule has 0 aliphatic carbocycles. The standard InChI is InChI=1S/C24H30N4O4/c1-24(2,3)32-23(31)28-13-10-15(11-14-28)16-6-7-18(21-17(16)5-4-12-25-21)26-19-8-9-20(29)27-22(19)30/h4-7,12,15,19,26H,8-11,13-14H2,1-3H3,(H,27,29,30). The Morgan fingerprint density at radius 2 is 1.91 bits per heavy atom. The summed E-state index contributed by atoms with van der Waals surface area (Å²) in [6, 6.07) is 7.56. The Morgan fingerprint density at radius 1 is 1.16 bits per heavy atom. The van der Waals surface area contributed by atoms with Crippen molar-refractivity contribution in [2.24, 2.45) is 0 Å². The van der Waals surface area contributed by atoms with Gasteiger partial charge in [0.05, 0.1) is 11.2 Å². The summed E-state index contributed by atoms with van der Waals surface area (Å²) in [7, 11) is 0. The van der Waals surface area contributed by atoms with Crippen LogP contribution in [0.5, 0.6) is 0 Å². The SMILES string of the molecule is CC(C)(C)OC(=O)N1CCC(c2ccc(NC3CCC(=O)NC3=O)c3ncccc23)CC1. The molecule has 170 valence electrons. The van der Waals surface area contributed by atoms with Gasteiger partial charge in [-0.25, -0.2) is 4.79 Å². The van der Waals surface area contributed by atoms with Crippen LogP contribution >= 0.6 is 0 Å². The summed E-state index contributed by atoms with van der Waals surface area (Å²) in [6.07, 6.45) is 3.97. The number of carbonyl (C=O) groups excluding carboxylic acids is 3. The number of anilines is 1. The van der Waals surface area contributed by atoms with Crippen LogP contribution in [0.25, 0.3) is 10.9 Å². The monoisotopic (exact) mass is 438 g/mol. The van der Waals surface area contributed by atoms with Gasteiger partial charge in [-0.3, -0.25) is 19.9 Å². The molecule has 2 fully saturated rings. The predicted molar refractivity (Wildman–Crippen MR) is 121 cm³/mol. The van der Waals surface area contributed by atoms with Gasteiger partial charge < -0.3 is 15.0 Å². The lowest BCUT2D eigenvalue weighted by atomic mass is 9.87. The van der Waals surface area contributed by atoms with Crippen LogP contribution in [-0.2, 0) is 14.3 Å². The van der Waals surface area contributed by atoms with Gasteiger partial charge in [-0.2, -0.15) is 0 Å². The zero-order valence-electron chi connectivity index (χ0n) is 18.8. The maximum absolute atomic E-state index is 12.4. The largest absolute Gasteiger partial charge is 0.444 e. The number of imide groups is 1. The van der Waals surface area contributed by atoms with Crippen LogP contribution in [0.2, 0.25) is 0 Å². The number of aromatic nitrogens is 1. The number of nitrogens with one attached hydrogen (secondary N) is 2. The van der Waals surface area contributed by atoms with Crippen LogP contribution in [0.4, 0.5) is 10.5 Å². The van der Waals surface area contributed by atoms with Gasteiger partial charge in [-0.05, 0) is 63.6 Å². The molecule has 0 bridgehead atoms. The van der Waals surface area contributed by atoms with Gasteiger partial charge in [0, 0.05) is 31.1 Å². The Labute approximate surface area is 187 Å². The summed E-state index contributed by atoms with van der Waals surface area (Å²) in [5.74, 6) is -0.224. The average Bonchev–Trinajstić information content (AvgIpc) is 2.75. The molecule has 1 aromatic heterocycles. The molecule has 1 atom stereocenters. The van der Waals surface area contributed by atoms with Gasteiger partial charge in [0.15, 0.2) is 0 Å². The number of carbonyl (C=O) groups is 3. The van der Waals surface area contributed by atoms with Crippen LogP contribution in [0, 0.1) is 0 Å². The van der Waals surface area contributed by atoms with Crippen molar-refractivity contribution in [2.75, 3.05) is 18.4 Å². The molecule has 8 heteroatoms. The Bertz CT molecular complexity index is 1040. The van der Waals surface area contributed by atoms with Crippen molar-refractivity contribution in [3.05, 3.63) is 36.0 Å². The molecule has 3 heterocycles. The van der Waals surface area contributed by atoms with E-state index in [0.29, 0.717) is 31.8 Å². The van der Waals surface area contributed by atoms with E-state index in [1.165, 1.54) is 5.56 Å². The molecule has 0 spiro atoms. The predicted octanol–water partition coefficient (Wildman–Crippen LogP) is 3.57. The number of pyridine rings is 1. The molecule has 0 saturated carbocycles. The van der Waals surface area contributed by atoms with Crippen molar-refractivity contribution in [3.63, 3.8) is 0 Å². The van der Waals surface area contributed by atoms with Crippen molar-refractivity contribution >= 4 is 34.5 Å². The van der Waals surface area contributed by atoms with Gasteiger partial charge in [-0.15, -0.1) is 0 Å². The summed E-state index contributed by atoms with van der Waals surface area (Å²) in [6.45, 7) is 6.93. The number of fused-ring (bicyclic) bond motifs is 1. The Kier molecular flexibility index (Phi) is 6.04. The van der Waals surface area contributed by atoms with Crippen LogP contribution in [0.1, 0.15) is 57.9 Å². The lowest BCUT2D eigenvalue weighted by Crippen LogP contribution is -2.47. The highest BCUT2D eigenvalue weighted by Gasteiger charge is 2.30. The van der Waals surface area contributed by atoms with Crippen LogP contribution in [0.15, 0.2) is 30.5 Å². The first-order valence-corrected chi connectivity index (χ1v) is 11.2. The fourth-order valence-corrected chi connectivity index (χ4v) is 4.39.